The summed E-state index contributed by atoms with van der Waals surface area (Å²) in [5, 5.41) is 3.51. The van der Waals surface area contributed by atoms with Crippen LogP contribution in [0, 0.1) is 6.92 Å². The zero-order valence-corrected chi connectivity index (χ0v) is 24.0. The van der Waals surface area contributed by atoms with Crippen LogP contribution in [0.25, 0.3) is 0 Å². The van der Waals surface area contributed by atoms with Crippen molar-refractivity contribution in [2.24, 2.45) is 0 Å². The minimum Gasteiger partial charge on any atom is -0.486 e. The van der Waals surface area contributed by atoms with Crippen LogP contribution < -0.4 is 15.0 Å². The molecule has 2 aromatic rings. The van der Waals surface area contributed by atoms with Crippen LogP contribution >= 0.6 is 13.5 Å². The number of nitrogens with zero attached hydrogens (tertiary/aromatic N) is 5. The summed E-state index contributed by atoms with van der Waals surface area (Å²) in [7, 11) is -2.98. The van der Waals surface area contributed by atoms with Crippen molar-refractivity contribution in [3.8, 4) is 5.75 Å². The third-order valence-electron chi connectivity index (χ3n) is 8.34. The smallest absolute Gasteiger partial charge is 0.246 e. The molecule has 4 aliphatic heterocycles. The van der Waals surface area contributed by atoms with E-state index >= 15 is 0 Å². The lowest BCUT2D eigenvalue weighted by Gasteiger charge is -2.47. The Kier molecular flexibility index (Phi) is 7.80. The van der Waals surface area contributed by atoms with Crippen LogP contribution in [0.15, 0.2) is 31.1 Å². The van der Waals surface area contributed by atoms with Gasteiger partial charge in [-0.3, -0.25) is 9.69 Å². The molecule has 39 heavy (non-hydrogen) atoms. The summed E-state index contributed by atoms with van der Waals surface area (Å²) in [5.74, 6) is 3.01. The fourth-order valence-corrected chi connectivity index (χ4v) is 7.23. The van der Waals surface area contributed by atoms with Crippen LogP contribution in [0.4, 0.5) is 17.3 Å². The predicted octanol–water partition coefficient (Wildman–Crippen LogP) is 2.59. The summed E-state index contributed by atoms with van der Waals surface area (Å²) >= 11 is 0. The Morgan fingerprint density at radius 2 is 1.87 bits per heavy atom. The third-order valence-corrected chi connectivity index (χ3v) is 9.95. The lowest BCUT2D eigenvalue weighted by atomic mass is 9.87. The summed E-state index contributed by atoms with van der Waals surface area (Å²) in [5.41, 5.74) is 4.13. The Bertz CT molecular complexity index is 1360. The molecular formula is C27H38N6O4S2. The molecule has 0 spiro atoms. The molecule has 1 amide bonds. The summed E-state index contributed by atoms with van der Waals surface area (Å²) in [6, 6.07) is 4.89. The van der Waals surface area contributed by atoms with Gasteiger partial charge in [-0.1, -0.05) is 12.6 Å². The zero-order valence-electron chi connectivity index (χ0n) is 22.2. The van der Waals surface area contributed by atoms with E-state index in [0.29, 0.717) is 37.5 Å². The zero-order chi connectivity index (χ0) is 26.4. The second kappa shape index (κ2) is 11.0. The summed E-state index contributed by atoms with van der Waals surface area (Å²) in [6.07, 6.45) is 5.08. The summed E-state index contributed by atoms with van der Waals surface area (Å²) in [4.78, 5) is 27.2. The maximum Gasteiger partial charge on any atom is 0.246 e. The van der Waals surface area contributed by atoms with Gasteiger partial charge in [-0.15, -0.1) is 0 Å². The molecule has 1 aromatic heterocycles. The highest BCUT2D eigenvalue weighted by atomic mass is 32.2. The van der Waals surface area contributed by atoms with Crippen molar-refractivity contribution in [2.75, 3.05) is 61.0 Å². The highest BCUT2D eigenvalue weighted by molar-refractivity contribution is 7.91. The largest absolute Gasteiger partial charge is 0.486 e. The van der Waals surface area contributed by atoms with Gasteiger partial charge < -0.3 is 19.9 Å². The van der Waals surface area contributed by atoms with E-state index in [-0.39, 0.29) is 32.3 Å². The number of amides is 1. The highest BCUT2D eigenvalue weighted by Crippen LogP contribution is 2.41. The van der Waals surface area contributed by atoms with Crippen molar-refractivity contribution in [3.05, 3.63) is 47.8 Å². The quantitative estimate of drug-likeness (QED) is 0.552. The highest BCUT2D eigenvalue weighted by Gasteiger charge is 2.36. The molecule has 10 nitrogen and oxygen atoms in total. The first-order valence-electron chi connectivity index (χ1n) is 13.3. The molecule has 0 unspecified atom stereocenters. The van der Waals surface area contributed by atoms with Crippen molar-refractivity contribution >= 4 is 46.6 Å². The number of piperidine rings is 1. The number of fused-ring (bicyclic) bond motifs is 2. The standard InChI is InChI=1S/C27H34N6O4S.H2S.H2/c1-3-24(34)33-14-21(15-33)31-6-4-19(5-7-31)20-12-18(2)25-23(13-20)30-26-22(16-37-25)27(29-17-28-26)32-8-10-38(35,36)11-9-32;;/h3,12-13,17,19,21H,1,4-11,14-16H2,2H3,(H,28,29,30);1H2;1H. The first kappa shape index (κ1) is 27.7. The Morgan fingerprint density at radius 3 is 2.56 bits per heavy atom. The number of aromatic nitrogens is 2. The molecule has 4 aliphatic rings. The van der Waals surface area contributed by atoms with Crippen molar-refractivity contribution in [3.63, 3.8) is 0 Å². The molecule has 6 rings (SSSR count). The lowest BCUT2D eigenvalue weighted by molar-refractivity contribution is -0.133. The molecule has 0 radical (unpaired) electrons. The van der Waals surface area contributed by atoms with Crippen LogP contribution in [-0.2, 0) is 21.2 Å². The van der Waals surface area contributed by atoms with Gasteiger partial charge in [-0.2, -0.15) is 13.5 Å². The summed E-state index contributed by atoms with van der Waals surface area (Å²) in [6.45, 7) is 10.5. The number of carbonyl (C=O) groups excluding carboxylic acids is 1. The predicted molar refractivity (Wildman–Crippen MR) is 158 cm³/mol. The molecule has 3 fully saturated rings. The molecule has 212 valence electrons. The average Bonchev–Trinajstić information content (AvgIpc) is 3.08. The molecule has 0 atom stereocenters. The molecule has 0 saturated carbocycles. The van der Waals surface area contributed by atoms with E-state index in [1.165, 1.54) is 18.0 Å². The van der Waals surface area contributed by atoms with Crippen LogP contribution in [0.5, 0.6) is 5.75 Å². The van der Waals surface area contributed by atoms with E-state index in [4.69, 9.17) is 4.74 Å². The topological polar surface area (TPSA) is 108 Å². The van der Waals surface area contributed by atoms with Gasteiger partial charge in [-0.05, 0) is 62.0 Å². The summed E-state index contributed by atoms with van der Waals surface area (Å²) < 4.78 is 30.1. The maximum absolute atomic E-state index is 11.9. The second-order valence-corrected chi connectivity index (χ2v) is 13.0. The number of anilines is 3. The number of aryl methyl sites for hydroxylation is 1. The Hall–Kier alpha value is -2.83. The van der Waals surface area contributed by atoms with Crippen LogP contribution in [0.2, 0.25) is 0 Å². The van der Waals surface area contributed by atoms with Crippen LogP contribution in [-0.4, -0.2) is 90.9 Å². The van der Waals surface area contributed by atoms with Crippen molar-refractivity contribution in [1.29, 1.82) is 0 Å². The number of carbonyl (C=O) groups is 1. The van der Waals surface area contributed by atoms with Gasteiger partial charge in [0.15, 0.2) is 9.84 Å². The van der Waals surface area contributed by atoms with E-state index in [1.807, 2.05) is 9.80 Å². The minimum absolute atomic E-state index is 0. The van der Waals surface area contributed by atoms with Gasteiger partial charge in [0.1, 0.15) is 30.3 Å². The Morgan fingerprint density at radius 1 is 1.15 bits per heavy atom. The van der Waals surface area contributed by atoms with E-state index in [1.54, 1.807) is 0 Å². The lowest BCUT2D eigenvalue weighted by Crippen LogP contribution is -2.61. The van der Waals surface area contributed by atoms with Crippen molar-refractivity contribution in [1.82, 2.24) is 19.8 Å². The number of hydrogen-bond acceptors (Lipinski definition) is 9. The van der Waals surface area contributed by atoms with E-state index in [0.717, 1.165) is 67.4 Å². The number of likely N-dealkylation sites (tertiary alicyclic amines) is 2. The molecule has 1 aromatic carbocycles. The molecule has 0 bridgehead atoms. The molecular weight excluding hydrogens is 536 g/mol. The van der Waals surface area contributed by atoms with Gasteiger partial charge in [-0.25, -0.2) is 18.4 Å². The van der Waals surface area contributed by atoms with Gasteiger partial charge in [0.05, 0.1) is 22.8 Å². The van der Waals surface area contributed by atoms with Crippen molar-refractivity contribution in [2.45, 2.75) is 38.3 Å². The SMILES string of the molecule is C=CC(=O)N1CC(N2CCC(c3cc(C)c4c(c3)Nc3ncnc(N5CCS(=O)(=O)CC5)c3CO4)CC2)C1.S.[HH]. The Balaban J connectivity index is 0.00000185. The number of ether oxygens (including phenoxy) is 1. The number of rotatable bonds is 4. The average molecular weight is 575 g/mol. The van der Waals surface area contributed by atoms with Gasteiger partial charge in [0.25, 0.3) is 0 Å². The van der Waals surface area contributed by atoms with Gasteiger partial charge in [0.2, 0.25) is 5.91 Å². The van der Waals surface area contributed by atoms with E-state index < -0.39 is 9.84 Å². The van der Waals surface area contributed by atoms with Crippen LogP contribution in [0.3, 0.4) is 0 Å². The van der Waals surface area contributed by atoms with Gasteiger partial charge >= 0.3 is 0 Å². The fraction of sp³-hybridized carbons (Fsp3) is 0.519. The second-order valence-electron chi connectivity index (χ2n) is 10.7. The molecule has 12 heteroatoms. The van der Waals surface area contributed by atoms with Crippen molar-refractivity contribution < 1.29 is 19.4 Å². The molecule has 1 N–H and O–H groups in total. The normalized spacial score (nSPS) is 21.3. The number of hydrogen-bond donors (Lipinski definition) is 1. The fourth-order valence-electron chi connectivity index (χ4n) is 6.03. The van der Waals surface area contributed by atoms with E-state index in [2.05, 4.69) is 45.8 Å². The van der Waals surface area contributed by atoms with Crippen LogP contribution in [0.1, 0.15) is 36.9 Å². The maximum atomic E-state index is 11.9. The molecule has 5 heterocycles. The Labute approximate surface area is 238 Å². The van der Waals surface area contributed by atoms with E-state index in [9.17, 15) is 13.2 Å². The first-order chi connectivity index (χ1) is 18.3. The minimum atomic E-state index is -2.98. The first-order valence-corrected chi connectivity index (χ1v) is 15.1. The molecule has 0 aliphatic carbocycles. The van der Waals surface area contributed by atoms with Gasteiger partial charge in [0, 0.05) is 33.6 Å². The number of nitrogens with one attached hydrogen (secondary N) is 1. The monoisotopic (exact) mass is 574 g/mol. The number of benzene rings is 1. The molecule has 3 saturated heterocycles. The number of sulfone groups is 1. The third kappa shape index (κ3) is 5.46.